The number of halogens is 2. The molecule has 1 heterocycles. The van der Waals surface area contributed by atoms with E-state index >= 15 is 0 Å². The Hall–Kier alpha value is -0.350. The summed E-state index contributed by atoms with van der Waals surface area (Å²) in [6.07, 6.45) is 0. The lowest BCUT2D eigenvalue weighted by atomic mass is 10.6. The summed E-state index contributed by atoms with van der Waals surface area (Å²) in [5.74, 6) is -0.892. The van der Waals surface area contributed by atoms with Gasteiger partial charge in [-0.05, 0) is 0 Å². The van der Waals surface area contributed by atoms with Gasteiger partial charge in [0.05, 0.1) is 15.8 Å². The van der Waals surface area contributed by atoms with Gasteiger partial charge in [-0.25, -0.2) is 12.8 Å². The average molecular weight is 169 g/mol. The van der Waals surface area contributed by atoms with Gasteiger partial charge in [-0.15, -0.1) is 0 Å². The molecule has 0 fully saturated rings. The van der Waals surface area contributed by atoms with E-state index in [1.54, 1.807) is 0 Å². The summed E-state index contributed by atoms with van der Waals surface area (Å²) < 4.78 is 32.8. The smallest absolute Gasteiger partial charge is 0.197 e. The van der Waals surface area contributed by atoms with Crippen LogP contribution in [0.3, 0.4) is 0 Å². The number of sulfone groups is 1. The molecule has 0 N–H and O–H groups in total. The third kappa shape index (κ3) is 1.31. The molecule has 0 unspecified atom stereocenters. The summed E-state index contributed by atoms with van der Waals surface area (Å²) in [6, 6.07) is 0. The Morgan fingerprint density at radius 3 is 2.11 bits per heavy atom. The fourth-order valence-corrected chi connectivity index (χ4v) is 1.81. The van der Waals surface area contributed by atoms with Crippen LogP contribution >= 0.6 is 11.6 Å². The van der Waals surface area contributed by atoms with Gasteiger partial charge < -0.3 is 0 Å². The minimum atomic E-state index is -3.48. The van der Waals surface area contributed by atoms with E-state index in [9.17, 15) is 12.8 Å². The second-order valence-electron chi connectivity index (χ2n) is 1.52. The predicted octanol–water partition coefficient (Wildman–Crippen LogP) is 1.31. The third-order valence-electron chi connectivity index (χ3n) is 0.764. The first-order valence-corrected chi connectivity index (χ1v) is 4.00. The van der Waals surface area contributed by atoms with Gasteiger partial charge in [0.2, 0.25) is 0 Å². The number of hydrogen-bond donors (Lipinski definition) is 0. The SMILES string of the molecule is O=S1(=O)C=C(F)C(Cl)=C1. The van der Waals surface area contributed by atoms with Crippen LogP contribution in [-0.4, -0.2) is 8.42 Å². The molecule has 1 rings (SSSR count). The Morgan fingerprint density at radius 1 is 1.44 bits per heavy atom. The second kappa shape index (κ2) is 1.82. The zero-order chi connectivity index (χ0) is 7.07. The first kappa shape index (κ1) is 6.77. The Morgan fingerprint density at radius 2 is 2.00 bits per heavy atom. The highest BCUT2D eigenvalue weighted by Gasteiger charge is 2.17. The van der Waals surface area contributed by atoms with Crippen LogP contribution in [-0.2, 0) is 9.84 Å². The maximum absolute atomic E-state index is 12.1. The van der Waals surface area contributed by atoms with Crippen molar-refractivity contribution in [3.63, 3.8) is 0 Å². The highest BCUT2D eigenvalue weighted by atomic mass is 35.5. The fourth-order valence-electron chi connectivity index (χ4n) is 0.435. The van der Waals surface area contributed by atoms with E-state index in [-0.39, 0.29) is 5.03 Å². The molecule has 0 saturated carbocycles. The second-order valence-corrected chi connectivity index (χ2v) is 3.58. The van der Waals surface area contributed by atoms with E-state index in [1.165, 1.54) is 0 Å². The molecule has 1 aliphatic rings. The first-order valence-electron chi connectivity index (χ1n) is 2.01. The zero-order valence-corrected chi connectivity index (χ0v) is 5.71. The molecule has 0 aromatic rings. The largest absolute Gasteiger partial charge is 0.220 e. The molecule has 0 aromatic heterocycles. The molecule has 0 bridgehead atoms. The van der Waals surface area contributed by atoms with Crippen LogP contribution in [0.25, 0.3) is 0 Å². The van der Waals surface area contributed by atoms with Crippen LogP contribution in [0.1, 0.15) is 0 Å². The van der Waals surface area contributed by atoms with Crippen LogP contribution in [0.5, 0.6) is 0 Å². The van der Waals surface area contributed by atoms with Gasteiger partial charge in [0, 0.05) is 0 Å². The van der Waals surface area contributed by atoms with Gasteiger partial charge in [0.15, 0.2) is 15.7 Å². The Labute approximate surface area is 56.5 Å². The molecule has 1 aliphatic heterocycles. The maximum Gasteiger partial charge on any atom is 0.197 e. The van der Waals surface area contributed by atoms with E-state index in [1.807, 2.05) is 0 Å². The number of rotatable bonds is 0. The number of hydrogen-bond acceptors (Lipinski definition) is 2. The van der Waals surface area contributed by atoms with E-state index in [0.29, 0.717) is 10.8 Å². The average Bonchev–Trinajstić information content (AvgIpc) is 1.79. The predicted molar refractivity (Wildman–Crippen MR) is 32.0 cm³/mol. The summed E-state index contributed by atoms with van der Waals surface area (Å²) in [7, 11) is -3.48. The lowest BCUT2D eigenvalue weighted by Gasteiger charge is -1.77. The van der Waals surface area contributed by atoms with E-state index in [4.69, 9.17) is 11.6 Å². The minimum Gasteiger partial charge on any atom is -0.220 e. The lowest BCUT2D eigenvalue weighted by molar-refractivity contribution is 0.612. The topological polar surface area (TPSA) is 34.1 Å². The molecule has 2 nitrogen and oxygen atoms in total. The van der Waals surface area contributed by atoms with Crippen molar-refractivity contribution >= 4 is 21.4 Å². The normalized spacial score (nSPS) is 23.3. The van der Waals surface area contributed by atoms with Crippen LogP contribution in [0.4, 0.5) is 4.39 Å². The minimum absolute atomic E-state index is 0.352. The lowest BCUT2D eigenvalue weighted by Crippen LogP contribution is -1.81. The molecular formula is C4H2ClFO2S. The summed E-state index contributed by atoms with van der Waals surface area (Å²) in [4.78, 5) is 0. The van der Waals surface area contributed by atoms with Gasteiger partial charge in [0.1, 0.15) is 0 Å². The van der Waals surface area contributed by atoms with Crippen LogP contribution < -0.4 is 0 Å². The Balaban J connectivity index is 3.27. The molecule has 0 aromatic carbocycles. The molecule has 0 amide bonds. The van der Waals surface area contributed by atoms with Gasteiger partial charge in [-0.3, -0.25) is 0 Å². The van der Waals surface area contributed by atoms with Crippen molar-refractivity contribution < 1.29 is 12.8 Å². The summed E-state index contributed by atoms with van der Waals surface area (Å²) in [5, 5.41) is 0.800. The molecule has 0 radical (unpaired) electrons. The van der Waals surface area contributed by atoms with E-state index in [0.717, 1.165) is 0 Å². The van der Waals surface area contributed by atoms with Crippen molar-refractivity contribution in [2.24, 2.45) is 0 Å². The van der Waals surface area contributed by atoms with Crippen LogP contribution in [0.15, 0.2) is 21.7 Å². The van der Waals surface area contributed by atoms with Crippen molar-refractivity contribution in [1.82, 2.24) is 0 Å². The van der Waals surface area contributed by atoms with E-state index in [2.05, 4.69) is 0 Å². The monoisotopic (exact) mass is 168 g/mol. The Bertz CT molecular complexity index is 264. The van der Waals surface area contributed by atoms with Crippen molar-refractivity contribution in [2.75, 3.05) is 0 Å². The summed E-state index contributed by atoms with van der Waals surface area (Å²) >= 11 is 5.09. The molecule has 0 atom stereocenters. The van der Waals surface area contributed by atoms with Crippen LogP contribution in [0, 0.1) is 0 Å². The van der Waals surface area contributed by atoms with Crippen molar-refractivity contribution in [1.29, 1.82) is 0 Å². The molecule has 9 heavy (non-hydrogen) atoms. The quantitative estimate of drug-likeness (QED) is 0.547. The van der Waals surface area contributed by atoms with Gasteiger partial charge in [-0.2, -0.15) is 0 Å². The zero-order valence-electron chi connectivity index (χ0n) is 4.14. The molecule has 0 aliphatic carbocycles. The maximum atomic E-state index is 12.1. The molecule has 5 heteroatoms. The van der Waals surface area contributed by atoms with Crippen molar-refractivity contribution in [3.05, 3.63) is 21.7 Å². The van der Waals surface area contributed by atoms with Crippen molar-refractivity contribution in [3.8, 4) is 0 Å². The van der Waals surface area contributed by atoms with Crippen molar-refractivity contribution in [2.45, 2.75) is 0 Å². The highest BCUT2D eigenvalue weighted by molar-refractivity contribution is 7.97. The third-order valence-corrected chi connectivity index (χ3v) is 2.28. The molecule has 50 valence electrons. The molecular weight excluding hydrogens is 167 g/mol. The summed E-state index contributed by atoms with van der Waals surface area (Å²) in [5.41, 5.74) is 0. The fraction of sp³-hybridized carbons (Fsp3) is 0. The van der Waals surface area contributed by atoms with Gasteiger partial charge >= 0.3 is 0 Å². The Kier molecular flexibility index (Phi) is 1.36. The summed E-state index contributed by atoms with van der Waals surface area (Å²) in [6.45, 7) is 0. The van der Waals surface area contributed by atoms with Gasteiger partial charge in [-0.1, -0.05) is 11.6 Å². The molecule has 0 saturated heterocycles. The van der Waals surface area contributed by atoms with Gasteiger partial charge in [0.25, 0.3) is 0 Å². The molecule has 0 spiro atoms. The first-order chi connectivity index (χ1) is 4.01. The number of allylic oxidation sites excluding steroid dienone is 2. The standard InChI is InChI=1S/C4H2ClFO2S/c5-3-1-9(7,8)2-4(3)6/h1-2H. The van der Waals surface area contributed by atoms with Crippen LogP contribution in [0.2, 0.25) is 0 Å². The van der Waals surface area contributed by atoms with E-state index < -0.39 is 15.7 Å². The highest BCUT2D eigenvalue weighted by Crippen LogP contribution is 2.25.